The number of halogens is 2. The van der Waals surface area contributed by atoms with Gasteiger partial charge in [0.05, 0.1) is 12.8 Å². The molecule has 0 fully saturated rings. The molecule has 4 rings (SSSR count). The highest BCUT2D eigenvalue weighted by atomic mass is 79.9. The summed E-state index contributed by atoms with van der Waals surface area (Å²) in [5.41, 5.74) is 4.64. The van der Waals surface area contributed by atoms with E-state index in [0.29, 0.717) is 35.1 Å². The maximum atomic E-state index is 12.5. The van der Waals surface area contributed by atoms with Gasteiger partial charge in [-0.25, -0.2) is 5.43 Å². The minimum atomic E-state index is -0.464. The van der Waals surface area contributed by atoms with E-state index in [-0.39, 0.29) is 5.76 Å². The minimum Gasteiger partial charge on any atom is -0.494 e. The average Bonchev–Trinajstić information content (AvgIpc) is 3.23. The SMILES string of the molecule is CCOc1ccc2oc(C(=O)N/N=C/c3cc(Br)ccc3OCc3ccccc3Cl)cc2c1. The van der Waals surface area contributed by atoms with E-state index in [2.05, 4.69) is 26.5 Å². The lowest BCUT2D eigenvalue weighted by Crippen LogP contribution is -2.16. The predicted octanol–water partition coefficient (Wildman–Crippen LogP) is 6.59. The Hall–Kier alpha value is -3.29. The Bertz CT molecular complexity index is 1320. The van der Waals surface area contributed by atoms with Gasteiger partial charge in [-0.05, 0) is 55.5 Å². The Labute approximate surface area is 204 Å². The highest BCUT2D eigenvalue weighted by molar-refractivity contribution is 9.10. The van der Waals surface area contributed by atoms with Crippen molar-refractivity contribution in [3.63, 3.8) is 0 Å². The third-order valence-corrected chi connectivity index (χ3v) is 5.57. The second-order valence-electron chi connectivity index (χ2n) is 7.00. The summed E-state index contributed by atoms with van der Waals surface area (Å²) < 4.78 is 17.9. The van der Waals surface area contributed by atoms with Gasteiger partial charge in [0.1, 0.15) is 23.7 Å². The molecule has 6 nitrogen and oxygen atoms in total. The molecule has 0 bridgehead atoms. The van der Waals surface area contributed by atoms with Crippen molar-refractivity contribution < 1.29 is 18.7 Å². The zero-order valence-electron chi connectivity index (χ0n) is 17.7. The third kappa shape index (κ3) is 5.74. The number of hydrogen-bond acceptors (Lipinski definition) is 5. The zero-order chi connectivity index (χ0) is 23.2. The molecular formula is C25H20BrClN2O4. The van der Waals surface area contributed by atoms with Crippen LogP contribution >= 0.6 is 27.5 Å². The summed E-state index contributed by atoms with van der Waals surface area (Å²) in [6, 6.07) is 20.1. The maximum absolute atomic E-state index is 12.5. The Morgan fingerprint density at radius 1 is 1.12 bits per heavy atom. The first-order valence-corrected chi connectivity index (χ1v) is 11.4. The van der Waals surface area contributed by atoms with Crippen molar-refractivity contribution in [1.82, 2.24) is 5.43 Å². The summed E-state index contributed by atoms with van der Waals surface area (Å²) >= 11 is 9.66. The molecule has 3 aromatic carbocycles. The van der Waals surface area contributed by atoms with E-state index in [1.54, 1.807) is 18.2 Å². The lowest BCUT2D eigenvalue weighted by molar-refractivity contribution is 0.0929. The van der Waals surface area contributed by atoms with Crippen LogP contribution in [0, 0.1) is 0 Å². The van der Waals surface area contributed by atoms with Gasteiger partial charge in [-0.2, -0.15) is 5.10 Å². The number of nitrogens with one attached hydrogen (secondary N) is 1. The largest absolute Gasteiger partial charge is 0.494 e. The number of benzene rings is 3. The van der Waals surface area contributed by atoms with Gasteiger partial charge in [0.2, 0.25) is 0 Å². The molecule has 0 spiro atoms. The highest BCUT2D eigenvalue weighted by Gasteiger charge is 2.12. The zero-order valence-corrected chi connectivity index (χ0v) is 20.0. The minimum absolute atomic E-state index is 0.153. The van der Waals surface area contributed by atoms with Crippen molar-refractivity contribution in [3.8, 4) is 11.5 Å². The fourth-order valence-corrected chi connectivity index (χ4v) is 3.70. The first-order valence-electron chi connectivity index (χ1n) is 10.2. The average molecular weight is 528 g/mol. The number of nitrogens with zero attached hydrogens (tertiary/aromatic N) is 1. The maximum Gasteiger partial charge on any atom is 0.307 e. The molecule has 0 saturated heterocycles. The van der Waals surface area contributed by atoms with Crippen LogP contribution in [0.4, 0.5) is 0 Å². The molecular weight excluding hydrogens is 508 g/mol. The summed E-state index contributed by atoms with van der Waals surface area (Å²) in [5.74, 6) is 1.01. The van der Waals surface area contributed by atoms with Crippen molar-refractivity contribution >= 4 is 50.6 Å². The van der Waals surface area contributed by atoms with E-state index in [1.807, 2.05) is 55.5 Å². The molecule has 1 aromatic heterocycles. The molecule has 33 heavy (non-hydrogen) atoms. The van der Waals surface area contributed by atoms with Crippen LogP contribution in [0.2, 0.25) is 5.02 Å². The number of hydrazone groups is 1. The topological polar surface area (TPSA) is 73.1 Å². The number of fused-ring (bicyclic) bond motifs is 1. The molecule has 1 heterocycles. The normalized spacial score (nSPS) is 11.1. The smallest absolute Gasteiger partial charge is 0.307 e. The monoisotopic (exact) mass is 526 g/mol. The molecule has 4 aromatic rings. The van der Waals surface area contributed by atoms with Crippen molar-refractivity contribution in [1.29, 1.82) is 0 Å². The van der Waals surface area contributed by atoms with Gasteiger partial charge >= 0.3 is 5.91 Å². The Kier molecular flexibility index (Phi) is 7.32. The van der Waals surface area contributed by atoms with Gasteiger partial charge < -0.3 is 13.9 Å². The van der Waals surface area contributed by atoms with Crippen LogP contribution < -0.4 is 14.9 Å². The standard InChI is InChI=1S/C25H20BrClN2O4/c1-2-31-20-8-10-23-17(12-20)13-24(33-23)25(30)29-28-14-18-11-19(26)7-9-22(18)32-15-16-5-3-4-6-21(16)27/h3-14H,2,15H2,1H3,(H,29,30)/b28-14+. The molecule has 0 unspecified atom stereocenters. The quantitative estimate of drug-likeness (QED) is 0.207. The summed E-state index contributed by atoms with van der Waals surface area (Å²) in [6.07, 6.45) is 1.51. The van der Waals surface area contributed by atoms with Crippen LogP contribution in [0.15, 0.2) is 80.7 Å². The first-order chi connectivity index (χ1) is 16.0. The van der Waals surface area contributed by atoms with E-state index in [9.17, 15) is 4.79 Å². The second-order valence-corrected chi connectivity index (χ2v) is 8.33. The predicted molar refractivity (Wildman–Crippen MR) is 132 cm³/mol. The van der Waals surface area contributed by atoms with Gasteiger partial charge in [0.25, 0.3) is 0 Å². The molecule has 168 valence electrons. The van der Waals surface area contributed by atoms with E-state index < -0.39 is 5.91 Å². The van der Waals surface area contributed by atoms with E-state index in [0.717, 1.165) is 21.2 Å². The summed E-state index contributed by atoms with van der Waals surface area (Å²) in [6.45, 7) is 2.78. The van der Waals surface area contributed by atoms with Gasteiger partial charge in [-0.3, -0.25) is 4.79 Å². The molecule has 1 amide bonds. The molecule has 1 N–H and O–H groups in total. The molecule has 0 saturated carbocycles. The Balaban J connectivity index is 1.45. The van der Waals surface area contributed by atoms with Crippen LogP contribution in [-0.2, 0) is 6.61 Å². The Morgan fingerprint density at radius 3 is 2.79 bits per heavy atom. The van der Waals surface area contributed by atoms with Crippen LogP contribution in [-0.4, -0.2) is 18.7 Å². The summed E-state index contributed by atoms with van der Waals surface area (Å²) in [7, 11) is 0. The number of ether oxygens (including phenoxy) is 2. The molecule has 0 aliphatic heterocycles. The van der Waals surface area contributed by atoms with Crippen LogP contribution in [0.5, 0.6) is 11.5 Å². The number of amides is 1. The van der Waals surface area contributed by atoms with Crippen molar-refractivity contribution in [2.45, 2.75) is 13.5 Å². The van der Waals surface area contributed by atoms with E-state index in [4.69, 9.17) is 25.5 Å². The van der Waals surface area contributed by atoms with Crippen molar-refractivity contribution in [2.24, 2.45) is 5.10 Å². The summed E-state index contributed by atoms with van der Waals surface area (Å²) in [5, 5.41) is 5.48. The lowest BCUT2D eigenvalue weighted by Gasteiger charge is -2.10. The molecule has 0 aliphatic carbocycles. The summed E-state index contributed by atoms with van der Waals surface area (Å²) in [4.78, 5) is 12.5. The van der Waals surface area contributed by atoms with Crippen LogP contribution in [0.3, 0.4) is 0 Å². The van der Waals surface area contributed by atoms with Gasteiger partial charge in [-0.1, -0.05) is 45.7 Å². The highest BCUT2D eigenvalue weighted by Crippen LogP contribution is 2.26. The van der Waals surface area contributed by atoms with E-state index >= 15 is 0 Å². The number of rotatable bonds is 8. The molecule has 0 aliphatic rings. The number of hydrogen-bond donors (Lipinski definition) is 1. The molecule has 0 atom stereocenters. The lowest BCUT2D eigenvalue weighted by atomic mass is 10.2. The molecule has 8 heteroatoms. The van der Waals surface area contributed by atoms with Gasteiger partial charge in [-0.15, -0.1) is 0 Å². The number of carbonyl (C=O) groups is 1. The van der Waals surface area contributed by atoms with Gasteiger partial charge in [0, 0.05) is 26.0 Å². The third-order valence-electron chi connectivity index (χ3n) is 4.71. The fourth-order valence-electron chi connectivity index (χ4n) is 3.13. The van der Waals surface area contributed by atoms with Crippen LogP contribution in [0.25, 0.3) is 11.0 Å². The number of carbonyl (C=O) groups excluding carboxylic acids is 1. The first kappa shape index (κ1) is 22.9. The molecule has 0 radical (unpaired) electrons. The Morgan fingerprint density at radius 2 is 1.97 bits per heavy atom. The van der Waals surface area contributed by atoms with Crippen molar-refractivity contribution in [3.05, 3.63) is 93.1 Å². The van der Waals surface area contributed by atoms with Crippen molar-refractivity contribution in [2.75, 3.05) is 6.61 Å². The van der Waals surface area contributed by atoms with Crippen LogP contribution in [0.1, 0.15) is 28.6 Å². The number of furan rings is 1. The second kappa shape index (κ2) is 10.6. The van der Waals surface area contributed by atoms with E-state index in [1.165, 1.54) is 6.21 Å². The van der Waals surface area contributed by atoms with Gasteiger partial charge in [0.15, 0.2) is 5.76 Å². The fraction of sp³-hybridized carbons (Fsp3) is 0.120.